The lowest BCUT2D eigenvalue weighted by molar-refractivity contribution is -0.117. The first-order valence-electron chi connectivity index (χ1n) is 9.97. The van der Waals surface area contributed by atoms with Gasteiger partial charge in [-0.3, -0.25) is 14.5 Å². The van der Waals surface area contributed by atoms with Crippen molar-refractivity contribution in [1.29, 1.82) is 5.26 Å². The number of carbonyl (C=O) groups is 2. The highest BCUT2D eigenvalue weighted by Gasteiger charge is 2.40. The maximum atomic E-state index is 13.4. The highest BCUT2D eigenvalue weighted by Crippen LogP contribution is 2.42. The number of rotatable bonds is 5. The molecule has 1 heterocycles. The maximum absolute atomic E-state index is 13.4. The Morgan fingerprint density at radius 2 is 1.58 bits per heavy atom. The van der Waals surface area contributed by atoms with Gasteiger partial charge in [0.25, 0.3) is 5.91 Å². The van der Waals surface area contributed by atoms with Crippen molar-refractivity contribution in [2.24, 2.45) is 0 Å². The Kier molecular flexibility index (Phi) is 7.05. The van der Waals surface area contributed by atoms with Crippen LogP contribution in [0.5, 0.6) is 0 Å². The van der Waals surface area contributed by atoms with E-state index in [-0.39, 0.29) is 16.5 Å². The molecular weight excluding hydrogens is 477 g/mol. The minimum Gasteiger partial charge on any atom is -0.321 e. The number of hydrogen-bond donors (Lipinski definition) is 1. The fourth-order valence-corrected chi connectivity index (χ4v) is 4.92. The van der Waals surface area contributed by atoms with E-state index in [1.165, 1.54) is 16.7 Å². The van der Waals surface area contributed by atoms with Crippen LogP contribution < -0.4 is 10.2 Å². The number of nitrogens with one attached hydrogen (secondary N) is 1. The van der Waals surface area contributed by atoms with Gasteiger partial charge in [0, 0.05) is 21.4 Å². The van der Waals surface area contributed by atoms with Gasteiger partial charge in [0.1, 0.15) is 16.7 Å². The SMILES string of the molecule is N#C/C(C(=O)Nc1ccccc1)=C1/S[C@H](Cc2ccc(Cl)cc2)C(=O)N1c1ccc(Cl)cc1. The van der Waals surface area contributed by atoms with E-state index in [1.54, 1.807) is 60.7 Å². The molecule has 1 saturated heterocycles. The first-order valence-corrected chi connectivity index (χ1v) is 11.6. The van der Waals surface area contributed by atoms with E-state index in [1.807, 2.05) is 24.3 Å². The Hall–Kier alpha value is -3.24. The fourth-order valence-electron chi connectivity index (χ4n) is 3.36. The summed E-state index contributed by atoms with van der Waals surface area (Å²) in [6, 6.07) is 24.8. The van der Waals surface area contributed by atoms with Crippen molar-refractivity contribution >= 4 is 58.2 Å². The van der Waals surface area contributed by atoms with Crippen LogP contribution in [0, 0.1) is 11.3 Å². The zero-order chi connectivity index (χ0) is 23.4. The monoisotopic (exact) mass is 493 g/mol. The molecule has 3 aromatic rings. The molecule has 0 unspecified atom stereocenters. The summed E-state index contributed by atoms with van der Waals surface area (Å²) in [7, 11) is 0. The topological polar surface area (TPSA) is 73.2 Å². The van der Waals surface area contributed by atoms with Gasteiger partial charge in [0.15, 0.2) is 0 Å². The third-order valence-electron chi connectivity index (χ3n) is 4.96. The predicted octanol–water partition coefficient (Wildman–Crippen LogP) is 6.06. The van der Waals surface area contributed by atoms with E-state index in [9.17, 15) is 14.9 Å². The van der Waals surface area contributed by atoms with E-state index in [0.29, 0.717) is 27.8 Å². The lowest BCUT2D eigenvalue weighted by atomic mass is 10.1. The van der Waals surface area contributed by atoms with E-state index in [2.05, 4.69) is 5.32 Å². The predicted molar refractivity (Wildman–Crippen MR) is 133 cm³/mol. The van der Waals surface area contributed by atoms with E-state index >= 15 is 0 Å². The largest absolute Gasteiger partial charge is 0.321 e. The number of halogens is 2. The third-order valence-corrected chi connectivity index (χ3v) is 6.72. The second-order valence-electron chi connectivity index (χ2n) is 7.20. The quantitative estimate of drug-likeness (QED) is 0.346. The molecule has 0 aromatic heterocycles. The number of thioether (sulfide) groups is 1. The van der Waals surface area contributed by atoms with Crippen LogP contribution in [0.25, 0.3) is 0 Å². The fraction of sp³-hybridized carbons (Fsp3) is 0.0800. The average Bonchev–Trinajstić information content (AvgIpc) is 3.12. The molecule has 1 aliphatic rings. The summed E-state index contributed by atoms with van der Waals surface area (Å²) in [6.07, 6.45) is 0.424. The molecule has 0 aliphatic carbocycles. The molecule has 8 heteroatoms. The highest BCUT2D eigenvalue weighted by molar-refractivity contribution is 8.05. The van der Waals surface area contributed by atoms with Gasteiger partial charge >= 0.3 is 0 Å². The number of amides is 2. The lowest BCUT2D eigenvalue weighted by Gasteiger charge is -2.19. The second-order valence-corrected chi connectivity index (χ2v) is 9.26. The van der Waals surface area contributed by atoms with Crippen LogP contribution in [-0.2, 0) is 16.0 Å². The van der Waals surface area contributed by atoms with Crippen molar-refractivity contribution in [2.45, 2.75) is 11.7 Å². The zero-order valence-corrected chi connectivity index (χ0v) is 19.5. The van der Waals surface area contributed by atoms with Gasteiger partial charge in [-0.15, -0.1) is 0 Å². The maximum Gasteiger partial charge on any atom is 0.269 e. The molecule has 0 bridgehead atoms. The molecule has 4 rings (SSSR count). The molecule has 1 fully saturated rings. The highest BCUT2D eigenvalue weighted by atomic mass is 35.5. The first-order chi connectivity index (χ1) is 16.0. The molecule has 2 amide bonds. The Labute approximate surface area is 205 Å². The van der Waals surface area contributed by atoms with E-state index < -0.39 is 11.2 Å². The number of hydrogen-bond acceptors (Lipinski definition) is 4. The first kappa shape index (κ1) is 22.9. The summed E-state index contributed by atoms with van der Waals surface area (Å²) in [5, 5.41) is 13.5. The summed E-state index contributed by atoms with van der Waals surface area (Å²) < 4.78 is 0. The minimum atomic E-state index is -0.579. The summed E-state index contributed by atoms with van der Waals surface area (Å²) in [6.45, 7) is 0. The normalized spacial score (nSPS) is 16.9. The van der Waals surface area contributed by atoms with Crippen LogP contribution in [0.4, 0.5) is 11.4 Å². The summed E-state index contributed by atoms with van der Waals surface area (Å²) >= 11 is 13.2. The zero-order valence-electron chi connectivity index (χ0n) is 17.2. The molecular formula is C25H17Cl2N3O2S. The van der Waals surface area contributed by atoms with Gasteiger partial charge in [-0.1, -0.05) is 65.3 Å². The molecule has 0 spiro atoms. The van der Waals surface area contributed by atoms with Crippen molar-refractivity contribution in [1.82, 2.24) is 0 Å². The smallest absolute Gasteiger partial charge is 0.269 e. The molecule has 1 aliphatic heterocycles. The van der Waals surface area contributed by atoms with Gasteiger partial charge in [-0.25, -0.2) is 0 Å². The van der Waals surface area contributed by atoms with Crippen LogP contribution in [0.1, 0.15) is 5.56 Å². The van der Waals surface area contributed by atoms with Crippen molar-refractivity contribution < 1.29 is 9.59 Å². The standard InChI is InChI=1S/C25H17Cl2N3O2S/c26-17-8-6-16(7-9-17)14-22-24(32)30(20-12-10-18(27)11-13-20)25(33-22)21(15-28)23(31)29-19-4-2-1-3-5-19/h1-13,22H,14H2,(H,29,31)/b25-21-/t22-/m1/s1. The number of nitrogens with zero attached hydrogens (tertiary/aromatic N) is 2. The molecule has 0 saturated carbocycles. The van der Waals surface area contributed by atoms with Gasteiger partial charge in [-0.05, 0) is 60.5 Å². The van der Waals surface area contributed by atoms with E-state index in [4.69, 9.17) is 23.2 Å². The molecule has 0 radical (unpaired) electrons. The number of anilines is 2. The van der Waals surface area contributed by atoms with Gasteiger partial charge in [0.05, 0.1) is 5.25 Å². The Bertz CT molecular complexity index is 1250. The number of nitriles is 1. The van der Waals surface area contributed by atoms with Crippen LogP contribution in [0.3, 0.4) is 0 Å². The van der Waals surface area contributed by atoms with Crippen molar-refractivity contribution in [3.8, 4) is 6.07 Å². The molecule has 5 nitrogen and oxygen atoms in total. The summed E-state index contributed by atoms with van der Waals surface area (Å²) in [4.78, 5) is 27.9. The van der Waals surface area contributed by atoms with Crippen LogP contribution >= 0.6 is 35.0 Å². The molecule has 1 N–H and O–H groups in total. The number of carbonyl (C=O) groups excluding carboxylic acids is 2. The Morgan fingerprint density at radius 3 is 2.18 bits per heavy atom. The summed E-state index contributed by atoms with van der Waals surface area (Å²) in [5.41, 5.74) is 1.88. The van der Waals surface area contributed by atoms with Crippen molar-refractivity contribution in [3.63, 3.8) is 0 Å². The van der Waals surface area contributed by atoms with Crippen LogP contribution in [-0.4, -0.2) is 17.1 Å². The molecule has 1 atom stereocenters. The number of benzene rings is 3. The van der Waals surface area contributed by atoms with Crippen LogP contribution in [0.2, 0.25) is 10.0 Å². The van der Waals surface area contributed by atoms with Crippen molar-refractivity contribution in [2.75, 3.05) is 10.2 Å². The van der Waals surface area contributed by atoms with Gasteiger partial charge < -0.3 is 5.32 Å². The number of para-hydroxylation sites is 1. The molecule has 33 heavy (non-hydrogen) atoms. The minimum absolute atomic E-state index is 0.134. The average molecular weight is 494 g/mol. The molecule has 3 aromatic carbocycles. The lowest BCUT2D eigenvalue weighted by Crippen LogP contribution is -2.30. The van der Waals surface area contributed by atoms with Crippen LogP contribution in [0.15, 0.2) is 89.5 Å². The van der Waals surface area contributed by atoms with E-state index in [0.717, 1.165) is 5.56 Å². The van der Waals surface area contributed by atoms with Gasteiger partial charge in [0.2, 0.25) is 5.91 Å². The Balaban J connectivity index is 1.72. The van der Waals surface area contributed by atoms with Gasteiger partial charge in [-0.2, -0.15) is 5.26 Å². The third kappa shape index (κ3) is 5.23. The Morgan fingerprint density at radius 1 is 0.970 bits per heavy atom. The summed E-state index contributed by atoms with van der Waals surface area (Å²) in [5.74, 6) is -0.794. The molecule has 164 valence electrons. The second kappa shape index (κ2) is 10.1. The van der Waals surface area contributed by atoms with Crippen molar-refractivity contribution in [3.05, 3.63) is 105 Å².